The van der Waals surface area contributed by atoms with Gasteiger partial charge in [0.15, 0.2) is 0 Å². The van der Waals surface area contributed by atoms with Gasteiger partial charge in [-0.3, -0.25) is 43.3 Å². The maximum absolute atomic E-state index is 13.6. The van der Waals surface area contributed by atoms with Crippen LogP contribution in [0.5, 0.6) is 11.8 Å². The first-order valence-electron chi connectivity index (χ1n) is 19.5. The van der Waals surface area contributed by atoms with Crippen LogP contribution < -0.4 is 31.4 Å². The van der Waals surface area contributed by atoms with Gasteiger partial charge < -0.3 is 62.1 Å². The van der Waals surface area contributed by atoms with Crippen molar-refractivity contribution in [2.75, 3.05) is 6.54 Å². The van der Waals surface area contributed by atoms with Crippen LogP contribution in [-0.2, 0) is 33.6 Å². The van der Waals surface area contributed by atoms with E-state index in [0.29, 0.717) is 10.3 Å². The monoisotopic (exact) mass is 897 g/mol. The quantitative estimate of drug-likeness (QED) is 0.0461. The van der Waals surface area contributed by atoms with Gasteiger partial charge in [-0.15, -0.1) is 4.73 Å². The number of carbonyl (C=O) groups excluding carboxylic acids is 6. The van der Waals surface area contributed by atoms with E-state index in [2.05, 4.69) is 31.6 Å². The van der Waals surface area contributed by atoms with E-state index in [9.17, 15) is 78.6 Å². The van der Waals surface area contributed by atoms with Crippen LogP contribution >= 0.6 is 0 Å². The molecule has 0 aliphatic carbocycles. The number of hydrogen-bond acceptors (Lipinski definition) is 14. The zero-order chi connectivity index (χ0) is 47.5. The Morgan fingerprint density at radius 2 is 1.09 bits per heavy atom. The maximum atomic E-state index is 13.6. The summed E-state index contributed by atoms with van der Waals surface area (Å²) in [5.41, 5.74) is 0.545. The number of benzene rings is 1. The molecule has 2 aromatic heterocycles. The number of nitrogens with one attached hydrogen (secondary N) is 5. The number of aromatic hydroxyl groups is 2. The van der Waals surface area contributed by atoms with Crippen molar-refractivity contribution in [1.29, 1.82) is 0 Å². The summed E-state index contributed by atoms with van der Waals surface area (Å²) in [7, 11) is 0. The van der Waals surface area contributed by atoms with Gasteiger partial charge in [0.05, 0.1) is 11.1 Å². The minimum atomic E-state index is -1.80. The maximum Gasteiger partial charge on any atom is 0.363 e. The standard InChI is InChI=1S/C40H47N7O17/c1-21-17-24(20-41-19-21)34(56)42-16-3-2-7-28(39(61)62)46-38(60)27(10-15-33(54)55)45-37(59)26(9-14-32(52)53)44-36(58)25(8-13-31(50)51)43-35(57)22-5-4-6-23(18-22)40(63)64-47-29(48)11-12-30(47)49/h4-6,11-12,17-20,25-28,48-49H,2-3,7-10,13-16H2,1H3,(H,42,56)(H,43,57)(H,44,58)(H,45,59)(H,46,60)(H,50,51)(H,52,53)(H,54,55)(H,61,62). The highest BCUT2D eigenvalue weighted by Gasteiger charge is 2.32. The van der Waals surface area contributed by atoms with Gasteiger partial charge in [0.1, 0.15) is 24.2 Å². The van der Waals surface area contributed by atoms with E-state index in [4.69, 9.17) is 4.84 Å². The van der Waals surface area contributed by atoms with E-state index in [1.54, 1.807) is 19.2 Å². The summed E-state index contributed by atoms with van der Waals surface area (Å²) in [6.45, 7) is 1.90. The Bertz CT molecular complexity index is 2210. The van der Waals surface area contributed by atoms with Crippen molar-refractivity contribution in [2.24, 2.45) is 0 Å². The van der Waals surface area contributed by atoms with Crippen molar-refractivity contribution in [3.05, 3.63) is 77.1 Å². The lowest BCUT2D eigenvalue weighted by atomic mass is 10.0. The number of rotatable bonds is 26. The molecule has 0 spiro atoms. The molecule has 1 aromatic carbocycles. The molecule has 5 amide bonds. The molecule has 3 rings (SSSR count). The Morgan fingerprint density at radius 1 is 0.594 bits per heavy atom. The first-order valence-corrected chi connectivity index (χ1v) is 19.5. The Balaban J connectivity index is 1.73. The third kappa shape index (κ3) is 16.4. The van der Waals surface area contributed by atoms with Crippen molar-refractivity contribution >= 4 is 59.4 Å². The molecule has 0 aliphatic rings. The molecule has 0 fully saturated rings. The SMILES string of the molecule is Cc1cncc(C(=O)NCCCCC(NC(=O)C(CCC(=O)O)NC(=O)C(CCC(=O)O)NC(=O)C(CCC(=O)O)NC(=O)c2cccc(C(=O)On3c(O)ccc3O)c2)C(=O)O)c1. The molecular weight excluding hydrogens is 850 g/mol. The molecule has 4 unspecified atom stereocenters. The second-order valence-corrected chi connectivity index (χ2v) is 14.2. The number of aryl methyl sites for hydroxylation is 1. The lowest BCUT2D eigenvalue weighted by Gasteiger charge is -2.26. The second kappa shape index (κ2) is 24.4. The van der Waals surface area contributed by atoms with E-state index in [1.165, 1.54) is 24.4 Å². The van der Waals surface area contributed by atoms with Crippen LogP contribution in [0.25, 0.3) is 0 Å². The fourth-order valence-electron chi connectivity index (χ4n) is 5.80. The third-order valence-corrected chi connectivity index (χ3v) is 9.12. The van der Waals surface area contributed by atoms with Crippen molar-refractivity contribution in [3.8, 4) is 11.8 Å². The predicted molar refractivity (Wildman–Crippen MR) is 216 cm³/mol. The van der Waals surface area contributed by atoms with Crippen molar-refractivity contribution in [3.63, 3.8) is 0 Å². The van der Waals surface area contributed by atoms with Crippen LogP contribution in [0.4, 0.5) is 0 Å². The zero-order valence-corrected chi connectivity index (χ0v) is 34.1. The van der Waals surface area contributed by atoms with Crippen molar-refractivity contribution in [2.45, 2.75) is 88.9 Å². The number of aliphatic carboxylic acids is 4. The van der Waals surface area contributed by atoms with E-state index < -0.39 is 134 Å². The summed E-state index contributed by atoms with van der Waals surface area (Å²) in [6.07, 6.45) is -0.699. The molecule has 0 saturated carbocycles. The third-order valence-electron chi connectivity index (χ3n) is 9.12. The Labute approximate surface area is 363 Å². The molecule has 0 radical (unpaired) electrons. The van der Waals surface area contributed by atoms with Gasteiger partial charge in [-0.2, -0.15) is 0 Å². The molecule has 0 saturated heterocycles. The van der Waals surface area contributed by atoms with Gasteiger partial charge in [0.25, 0.3) is 11.8 Å². The van der Waals surface area contributed by atoms with Crippen LogP contribution in [0, 0.1) is 6.92 Å². The largest absolute Gasteiger partial charge is 0.492 e. The molecule has 4 atom stereocenters. The summed E-state index contributed by atoms with van der Waals surface area (Å²) in [5, 5.41) is 69.0. The molecule has 0 aliphatic heterocycles. The number of pyridine rings is 1. The summed E-state index contributed by atoms with van der Waals surface area (Å²) >= 11 is 0. The molecular formula is C40H47N7O17. The van der Waals surface area contributed by atoms with Crippen LogP contribution in [0.3, 0.4) is 0 Å². The van der Waals surface area contributed by atoms with Crippen LogP contribution in [0.1, 0.15) is 94.4 Å². The number of nitrogens with zero attached hydrogens (tertiary/aromatic N) is 2. The second-order valence-electron chi connectivity index (χ2n) is 14.2. The highest BCUT2D eigenvalue weighted by molar-refractivity contribution is 6.01. The fourth-order valence-corrected chi connectivity index (χ4v) is 5.80. The molecule has 2 heterocycles. The van der Waals surface area contributed by atoms with E-state index in [0.717, 1.165) is 23.8 Å². The number of carboxylic acid groups (broad SMARTS) is 4. The van der Waals surface area contributed by atoms with Gasteiger partial charge in [-0.1, -0.05) is 6.07 Å². The average molecular weight is 898 g/mol. The Hall–Kier alpha value is -8.05. The van der Waals surface area contributed by atoms with Gasteiger partial charge in [0.2, 0.25) is 29.5 Å². The molecule has 0 bridgehead atoms. The number of aromatic nitrogens is 2. The lowest BCUT2D eigenvalue weighted by molar-refractivity contribution is -0.143. The normalized spacial score (nSPS) is 12.6. The molecule has 24 heteroatoms. The Kier molecular flexibility index (Phi) is 19.2. The van der Waals surface area contributed by atoms with Crippen molar-refractivity contribution in [1.82, 2.24) is 36.3 Å². The first-order chi connectivity index (χ1) is 30.2. The van der Waals surface area contributed by atoms with Gasteiger partial charge >= 0.3 is 29.8 Å². The average Bonchev–Trinajstić information content (AvgIpc) is 3.56. The number of carbonyl (C=O) groups is 10. The van der Waals surface area contributed by atoms with E-state index in [1.807, 2.05) is 0 Å². The number of carboxylic acids is 4. The highest BCUT2D eigenvalue weighted by atomic mass is 16.7. The number of unbranched alkanes of at least 4 members (excludes halogenated alkanes) is 1. The minimum Gasteiger partial charge on any atom is -0.492 e. The summed E-state index contributed by atoms with van der Waals surface area (Å²) < 4.78 is 0.395. The molecule has 344 valence electrons. The molecule has 11 N–H and O–H groups in total. The van der Waals surface area contributed by atoms with Crippen LogP contribution in [0.2, 0.25) is 0 Å². The van der Waals surface area contributed by atoms with Crippen LogP contribution in [0.15, 0.2) is 54.9 Å². The zero-order valence-electron chi connectivity index (χ0n) is 34.1. The number of amides is 5. The summed E-state index contributed by atoms with van der Waals surface area (Å²) in [6, 6.07) is 1.55. The van der Waals surface area contributed by atoms with Crippen molar-refractivity contribution < 1.29 is 83.4 Å². The first kappa shape index (κ1) is 50.3. The van der Waals surface area contributed by atoms with Gasteiger partial charge in [-0.25, -0.2) is 9.59 Å². The molecule has 24 nitrogen and oxygen atoms in total. The smallest absolute Gasteiger partial charge is 0.363 e. The number of hydrogen-bond donors (Lipinski definition) is 11. The van der Waals surface area contributed by atoms with Gasteiger partial charge in [-0.05, 0) is 75.3 Å². The van der Waals surface area contributed by atoms with E-state index in [-0.39, 0.29) is 36.9 Å². The van der Waals surface area contributed by atoms with Gasteiger partial charge in [0, 0.05) is 55.9 Å². The predicted octanol–water partition coefficient (Wildman–Crippen LogP) is -0.296. The van der Waals surface area contributed by atoms with E-state index >= 15 is 0 Å². The summed E-state index contributed by atoms with van der Waals surface area (Å²) in [5.74, 6) is -13.1. The highest BCUT2D eigenvalue weighted by Crippen LogP contribution is 2.20. The lowest BCUT2D eigenvalue weighted by Crippen LogP contribution is -2.58. The molecule has 64 heavy (non-hydrogen) atoms. The molecule has 3 aromatic rings. The van der Waals surface area contributed by atoms with Crippen LogP contribution in [-0.4, -0.2) is 130 Å². The fraction of sp³-hybridized carbons (Fsp3) is 0.375. The Morgan fingerprint density at radius 3 is 1.59 bits per heavy atom. The minimum absolute atomic E-state index is 0.146. The topological polar surface area (TPSA) is 379 Å². The summed E-state index contributed by atoms with van der Waals surface area (Å²) in [4.78, 5) is 134.